The molecule has 3 heterocycles. The molecule has 0 saturated carbocycles. The summed E-state index contributed by atoms with van der Waals surface area (Å²) in [4.78, 5) is 24.4. The van der Waals surface area contributed by atoms with E-state index in [9.17, 15) is 9.90 Å². The summed E-state index contributed by atoms with van der Waals surface area (Å²) in [5.74, 6) is -0.286. The van der Waals surface area contributed by atoms with Gasteiger partial charge in [0, 0.05) is 6.42 Å². The summed E-state index contributed by atoms with van der Waals surface area (Å²) >= 11 is 0. The lowest BCUT2D eigenvalue weighted by Crippen LogP contribution is -2.41. The lowest BCUT2D eigenvalue weighted by molar-refractivity contribution is -0.155. The quantitative estimate of drug-likeness (QED) is 0.611. The summed E-state index contributed by atoms with van der Waals surface area (Å²) in [6, 6.07) is -0.722. The van der Waals surface area contributed by atoms with Gasteiger partial charge in [-0.2, -0.15) is 0 Å². The van der Waals surface area contributed by atoms with E-state index in [4.69, 9.17) is 20.9 Å². The molecule has 2 aromatic heterocycles. The van der Waals surface area contributed by atoms with Crippen LogP contribution in [0, 0.1) is 5.92 Å². The van der Waals surface area contributed by atoms with Gasteiger partial charge >= 0.3 is 5.97 Å². The van der Waals surface area contributed by atoms with Crippen LogP contribution in [-0.4, -0.2) is 55.5 Å². The standard InChI is InChI=1S/C15H22N6O4/c1-7(2)11(16)15(23)25-8-3-10(24-9(8)4-22)21-6-20-12-13(17)18-5-19-14(12)21/h5-11,22H,3-4,16H2,1-2H3,(H2,17,18,19)/t8-,9-,10-,11?/m1/s1. The Kier molecular flexibility index (Phi) is 4.84. The van der Waals surface area contributed by atoms with Crippen LogP contribution in [0.15, 0.2) is 12.7 Å². The lowest BCUT2D eigenvalue weighted by atomic mass is 10.1. The molecule has 0 bridgehead atoms. The number of aromatic nitrogens is 4. The second kappa shape index (κ2) is 6.90. The van der Waals surface area contributed by atoms with Gasteiger partial charge in [0.15, 0.2) is 11.5 Å². The molecule has 25 heavy (non-hydrogen) atoms. The smallest absolute Gasteiger partial charge is 0.323 e. The number of anilines is 1. The van der Waals surface area contributed by atoms with Crippen molar-refractivity contribution < 1.29 is 19.4 Å². The van der Waals surface area contributed by atoms with Crippen LogP contribution < -0.4 is 11.5 Å². The fourth-order valence-electron chi connectivity index (χ4n) is 2.74. The van der Waals surface area contributed by atoms with Crippen LogP contribution in [-0.2, 0) is 14.3 Å². The summed E-state index contributed by atoms with van der Waals surface area (Å²) < 4.78 is 13.0. The van der Waals surface area contributed by atoms with E-state index in [1.54, 1.807) is 10.9 Å². The summed E-state index contributed by atoms with van der Waals surface area (Å²) in [6.45, 7) is 3.39. The van der Waals surface area contributed by atoms with Gasteiger partial charge in [0.1, 0.15) is 36.3 Å². The Balaban J connectivity index is 1.79. The van der Waals surface area contributed by atoms with Crippen LogP contribution in [0.25, 0.3) is 11.2 Å². The second-order valence-corrected chi connectivity index (χ2v) is 6.38. The van der Waals surface area contributed by atoms with Crippen LogP contribution in [0.2, 0.25) is 0 Å². The van der Waals surface area contributed by atoms with E-state index in [2.05, 4.69) is 15.0 Å². The minimum atomic E-state index is -0.722. The van der Waals surface area contributed by atoms with Crippen molar-refractivity contribution in [3.63, 3.8) is 0 Å². The molecule has 5 N–H and O–H groups in total. The lowest BCUT2D eigenvalue weighted by Gasteiger charge is -2.20. The third-order valence-corrected chi connectivity index (χ3v) is 4.32. The molecule has 0 amide bonds. The van der Waals surface area contributed by atoms with Crippen molar-refractivity contribution in [2.75, 3.05) is 12.3 Å². The van der Waals surface area contributed by atoms with Crippen LogP contribution >= 0.6 is 0 Å². The molecule has 0 aliphatic carbocycles. The molecule has 10 heteroatoms. The Morgan fingerprint density at radius 2 is 2.24 bits per heavy atom. The van der Waals surface area contributed by atoms with E-state index in [1.165, 1.54) is 6.33 Å². The average Bonchev–Trinajstić information content (AvgIpc) is 3.18. The van der Waals surface area contributed by atoms with Crippen LogP contribution in [0.5, 0.6) is 0 Å². The third kappa shape index (κ3) is 3.28. The molecule has 4 atom stereocenters. The van der Waals surface area contributed by atoms with Gasteiger partial charge in [0.2, 0.25) is 0 Å². The van der Waals surface area contributed by atoms with Crippen molar-refractivity contribution in [3.8, 4) is 0 Å². The molecule has 1 aliphatic heterocycles. The Hall–Kier alpha value is -2.30. The maximum absolute atomic E-state index is 12.1. The van der Waals surface area contributed by atoms with Crippen molar-refractivity contribution in [2.45, 2.75) is 44.7 Å². The van der Waals surface area contributed by atoms with Crippen molar-refractivity contribution in [3.05, 3.63) is 12.7 Å². The van der Waals surface area contributed by atoms with E-state index in [1.807, 2.05) is 13.8 Å². The number of hydrogen-bond acceptors (Lipinski definition) is 9. The summed E-state index contributed by atoms with van der Waals surface area (Å²) in [6.07, 6.45) is 1.47. The molecule has 1 fully saturated rings. The number of hydrogen-bond donors (Lipinski definition) is 3. The highest BCUT2D eigenvalue weighted by Crippen LogP contribution is 2.33. The van der Waals surface area contributed by atoms with Crippen molar-refractivity contribution >= 4 is 23.0 Å². The Morgan fingerprint density at radius 3 is 2.92 bits per heavy atom. The topological polar surface area (TPSA) is 151 Å². The fourth-order valence-corrected chi connectivity index (χ4v) is 2.74. The number of esters is 1. The predicted octanol–water partition coefficient (Wildman–Crippen LogP) is -0.417. The molecular weight excluding hydrogens is 328 g/mol. The first-order valence-corrected chi connectivity index (χ1v) is 8.07. The Bertz CT molecular complexity index is 764. The molecule has 10 nitrogen and oxygen atoms in total. The van der Waals surface area contributed by atoms with E-state index in [0.29, 0.717) is 17.6 Å². The highest BCUT2D eigenvalue weighted by atomic mass is 16.6. The SMILES string of the molecule is CC(C)C(N)C(=O)O[C@@H]1C[C@H](n2cnc3c(N)ncnc32)O[C@@H]1CO. The second-order valence-electron chi connectivity index (χ2n) is 6.38. The minimum Gasteiger partial charge on any atom is -0.458 e. The number of rotatable bonds is 5. The molecule has 0 spiro atoms. The van der Waals surface area contributed by atoms with Crippen LogP contribution in [0.3, 0.4) is 0 Å². The van der Waals surface area contributed by atoms with E-state index >= 15 is 0 Å². The minimum absolute atomic E-state index is 0.0459. The zero-order valence-electron chi connectivity index (χ0n) is 14.1. The van der Waals surface area contributed by atoms with Gasteiger partial charge in [0.25, 0.3) is 0 Å². The third-order valence-electron chi connectivity index (χ3n) is 4.32. The van der Waals surface area contributed by atoms with Crippen molar-refractivity contribution in [1.29, 1.82) is 0 Å². The largest absolute Gasteiger partial charge is 0.458 e. The maximum atomic E-state index is 12.1. The number of aliphatic hydroxyl groups excluding tert-OH is 1. The molecule has 136 valence electrons. The normalized spacial score (nSPS) is 24.8. The molecule has 0 aromatic carbocycles. The number of carbonyl (C=O) groups is 1. The molecule has 2 aromatic rings. The Morgan fingerprint density at radius 1 is 1.48 bits per heavy atom. The zero-order chi connectivity index (χ0) is 18.1. The van der Waals surface area contributed by atoms with Crippen molar-refractivity contribution in [2.24, 2.45) is 11.7 Å². The highest BCUT2D eigenvalue weighted by Gasteiger charge is 2.40. The molecular formula is C15H22N6O4. The first-order valence-electron chi connectivity index (χ1n) is 8.07. The molecule has 0 radical (unpaired) electrons. The van der Waals surface area contributed by atoms with E-state index in [0.717, 1.165) is 0 Å². The van der Waals surface area contributed by atoms with Gasteiger partial charge in [-0.15, -0.1) is 0 Å². The van der Waals surface area contributed by atoms with E-state index in [-0.39, 0.29) is 18.3 Å². The first kappa shape index (κ1) is 17.5. The number of imidazole rings is 1. The number of ether oxygens (including phenoxy) is 2. The molecule has 1 unspecified atom stereocenters. The molecule has 3 rings (SSSR count). The van der Waals surface area contributed by atoms with E-state index < -0.39 is 30.4 Å². The summed E-state index contributed by atoms with van der Waals surface area (Å²) in [5.41, 5.74) is 12.6. The van der Waals surface area contributed by atoms with Crippen LogP contribution in [0.4, 0.5) is 5.82 Å². The zero-order valence-corrected chi connectivity index (χ0v) is 14.1. The number of carbonyl (C=O) groups excluding carboxylic acids is 1. The number of aliphatic hydroxyl groups is 1. The summed E-state index contributed by atoms with van der Waals surface area (Å²) in [5, 5.41) is 9.55. The van der Waals surface area contributed by atoms with Gasteiger partial charge in [-0.25, -0.2) is 15.0 Å². The first-order chi connectivity index (χ1) is 11.9. The Labute approximate surface area is 144 Å². The number of nitrogens with two attached hydrogens (primary N) is 2. The summed E-state index contributed by atoms with van der Waals surface area (Å²) in [7, 11) is 0. The molecule has 1 aliphatic rings. The highest BCUT2D eigenvalue weighted by molar-refractivity contribution is 5.81. The maximum Gasteiger partial charge on any atom is 0.323 e. The van der Waals surface area contributed by atoms with Gasteiger partial charge in [0.05, 0.1) is 12.9 Å². The number of nitrogens with zero attached hydrogens (tertiary/aromatic N) is 4. The predicted molar refractivity (Wildman–Crippen MR) is 88.0 cm³/mol. The van der Waals surface area contributed by atoms with Crippen LogP contribution in [0.1, 0.15) is 26.5 Å². The fraction of sp³-hybridized carbons (Fsp3) is 0.600. The average molecular weight is 350 g/mol. The van der Waals surface area contributed by atoms with Crippen molar-refractivity contribution in [1.82, 2.24) is 19.5 Å². The van der Waals surface area contributed by atoms with Gasteiger partial charge < -0.3 is 26.0 Å². The monoisotopic (exact) mass is 350 g/mol. The van der Waals surface area contributed by atoms with Gasteiger partial charge in [-0.05, 0) is 5.92 Å². The molecule has 1 saturated heterocycles. The van der Waals surface area contributed by atoms with Gasteiger partial charge in [-0.3, -0.25) is 9.36 Å². The number of nitrogen functional groups attached to an aromatic ring is 1. The van der Waals surface area contributed by atoms with Gasteiger partial charge in [-0.1, -0.05) is 13.8 Å². The number of fused-ring (bicyclic) bond motifs is 1.